The van der Waals surface area contributed by atoms with Crippen molar-refractivity contribution < 1.29 is 4.74 Å². The minimum absolute atomic E-state index is 0.360. The molecule has 2 nitrogen and oxygen atoms in total. The molecule has 1 saturated heterocycles. The molecule has 2 heterocycles. The van der Waals surface area contributed by atoms with Crippen molar-refractivity contribution in [1.82, 2.24) is 4.57 Å². The zero-order valence-corrected chi connectivity index (χ0v) is 7.53. The lowest BCUT2D eigenvalue weighted by Gasteiger charge is -1.99. The second-order valence-electron chi connectivity index (χ2n) is 3.57. The van der Waals surface area contributed by atoms with Crippen molar-refractivity contribution in [2.24, 2.45) is 7.05 Å². The van der Waals surface area contributed by atoms with Gasteiger partial charge in [-0.05, 0) is 23.1 Å². The van der Waals surface area contributed by atoms with E-state index in [-0.39, 0.29) is 0 Å². The average molecular weight is 173 g/mol. The molecule has 13 heavy (non-hydrogen) atoms. The summed E-state index contributed by atoms with van der Waals surface area (Å²) in [5.74, 6) is 0. The highest BCUT2D eigenvalue weighted by Crippen LogP contribution is 2.31. The van der Waals surface area contributed by atoms with Crippen LogP contribution in [-0.2, 0) is 11.8 Å². The number of hydrogen-bond donors (Lipinski definition) is 0. The maximum atomic E-state index is 5.25. The van der Waals surface area contributed by atoms with Crippen LogP contribution in [0.1, 0.15) is 11.7 Å². The fraction of sp³-hybridized carbons (Fsp3) is 0.273. The second-order valence-corrected chi connectivity index (χ2v) is 3.57. The lowest BCUT2D eigenvalue weighted by molar-refractivity contribution is 0.416. The second kappa shape index (κ2) is 2.36. The SMILES string of the molecule is Cn1ccc2ccc([C@@H]3CO3)cc21. The van der Waals surface area contributed by atoms with Crippen LogP contribution in [0.2, 0.25) is 0 Å². The number of aromatic nitrogens is 1. The largest absolute Gasteiger partial charge is 0.368 e. The number of nitrogens with zero attached hydrogens (tertiary/aromatic N) is 1. The third kappa shape index (κ3) is 1.06. The quantitative estimate of drug-likeness (QED) is 0.604. The Hall–Kier alpha value is -1.28. The van der Waals surface area contributed by atoms with Crippen molar-refractivity contribution in [3.05, 3.63) is 36.0 Å². The van der Waals surface area contributed by atoms with Gasteiger partial charge < -0.3 is 9.30 Å². The molecule has 0 radical (unpaired) electrons. The monoisotopic (exact) mass is 173 g/mol. The summed E-state index contributed by atoms with van der Waals surface area (Å²) in [7, 11) is 2.07. The molecule has 0 aliphatic carbocycles. The molecule has 2 heteroatoms. The number of benzene rings is 1. The first-order chi connectivity index (χ1) is 6.34. The summed E-state index contributed by atoms with van der Waals surface area (Å²) in [5.41, 5.74) is 2.59. The number of epoxide rings is 1. The van der Waals surface area contributed by atoms with Gasteiger partial charge in [-0.3, -0.25) is 0 Å². The van der Waals surface area contributed by atoms with E-state index in [1.165, 1.54) is 16.5 Å². The molecule has 1 aromatic carbocycles. The van der Waals surface area contributed by atoms with E-state index in [0.717, 1.165) is 6.61 Å². The number of fused-ring (bicyclic) bond motifs is 1. The Morgan fingerprint density at radius 2 is 2.23 bits per heavy atom. The molecule has 1 aliphatic heterocycles. The van der Waals surface area contributed by atoms with E-state index in [2.05, 4.69) is 42.1 Å². The number of hydrogen-bond acceptors (Lipinski definition) is 1. The van der Waals surface area contributed by atoms with Gasteiger partial charge in [0.25, 0.3) is 0 Å². The van der Waals surface area contributed by atoms with Crippen LogP contribution >= 0.6 is 0 Å². The van der Waals surface area contributed by atoms with Gasteiger partial charge in [0.05, 0.1) is 6.61 Å². The molecular formula is C11H11NO. The van der Waals surface area contributed by atoms with Gasteiger partial charge in [0.1, 0.15) is 6.10 Å². The summed E-state index contributed by atoms with van der Waals surface area (Å²) in [6.07, 6.45) is 2.45. The van der Waals surface area contributed by atoms with Gasteiger partial charge >= 0.3 is 0 Å². The highest BCUT2D eigenvalue weighted by atomic mass is 16.6. The molecule has 0 unspecified atom stereocenters. The molecule has 1 aliphatic rings. The Morgan fingerprint density at radius 3 is 3.00 bits per heavy atom. The first kappa shape index (κ1) is 7.15. The molecule has 0 saturated carbocycles. The van der Waals surface area contributed by atoms with Crippen molar-refractivity contribution in [1.29, 1.82) is 0 Å². The van der Waals surface area contributed by atoms with Crippen LogP contribution in [0.4, 0.5) is 0 Å². The van der Waals surface area contributed by atoms with Crippen LogP contribution in [0.3, 0.4) is 0 Å². The summed E-state index contributed by atoms with van der Waals surface area (Å²) in [4.78, 5) is 0. The van der Waals surface area contributed by atoms with Crippen molar-refractivity contribution in [2.45, 2.75) is 6.10 Å². The summed E-state index contributed by atoms with van der Waals surface area (Å²) in [6, 6.07) is 8.66. The maximum absolute atomic E-state index is 5.25. The van der Waals surface area contributed by atoms with Crippen molar-refractivity contribution in [3.8, 4) is 0 Å². The number of ether oxygens (including phenoxy) is 1. The Balaban J connectivity index is 2.24. The fourth-order valence-electron chi connectivity index (χ4n) is 1.72. The predicted octanol–water partition coefficient (Wildman–Crippen LogP) is 2.25. The van der Waals surface area contributed by atoms with E-state index < -0.39 is 0 Å². The van der Waals surface area contributed by atoms with Crippen molar-refractivity contribution in [3.63, 3.8) is 0 Å². The molecule has 1 atom stereocenters. The van der Waals surface area contributed by atoms with E-state index in [1.54, 1.807) is 0 Å². The van der Waals surface area contributed by atoms with Gasteiger partial charge in [0, 0.05) is 18.8 Å². The predicted molar refractivity (Wildman–Crippen MR) is 51.6 cm³/mol. The Bertz CT molecular complexity index is 454. The average Bonchev–Trinajstić information content (AvgIpc) is 2.93. The van der Waals surface area contributed by atoms with E-state index in [9.17, 15) is 0 Å². The van der Waals surface area contributed by atoms with Crippen molar-refractivity contribution in [2.75, 3.05) is 6.61 Å². The normalized spacial score (nSPS) is 20.8. The van der Waals surface area contributed by atoms with Gasteiger partial charge in [-0.1, -0.05) is 12.1 Å². The minimum Gasteiger partial charge on any atom is -0.368 e. The zero-order valence-electron chi connectivity index (χ0n) is 7.53. The van der Waals surface area contributed by atoms with E-state index in [0.29, 0.717) is 6.10 Å². The maximum Gasteiger partial charge on any atom is 0.106 e. The van der Waals surface area contributed by atoms with Gasteiger partial charge in [-0.15, -0.1) is 0 Å². The molecule has 3 rings (SSSR count). The molecule has 1 aromatic heterocycles. The topological polar surface area (TPSA) is 17.5 Å². The minimum atomic E-state index is 0.360. The van der Waals surface area contributed by atoms with Crippen LogP contribution < -0.4 is 0 Å². The smallest absolute Gasteiger partial charge is 0.106 e. The lowest BCUT2D eigenvalue weighted by Crippen LogP contribution is -1.86. The van der Waals surface area contributed by atoms with Crippen LogP contribution in [0, 0.1) is 0 Å². The third-order valence-corrected chi connectivity index (χ3v) is 2.62. The van der Waals surface area contributed by atoms with Crippen LogP contribution in [-0.4, -0.2) is 11.2 Å². The summed E-state index contributed by atoms with van der Waals surface area (Å²) in [5, 5.41) is 1.30. The Labute approximate surface area is 76.7 Å². The molecule has 2 aromatic rings. The highest BCUT2D eigenvalue weighted by Gasteiger charge is 2.24. The summed E-state index contributed by atoms with van der Waals surface area (Å²) in [6.45, 7) is 0.885. The molecule has 1 fully saturated rings. The van der Waals surface area contributed by atoms with Gasteiger partial charge in [-0.2, -0.15) is 0 Å². The highest BCUT2D eigenvalue weighted by molar-refractivity contribution is 5.80. The standard InChI is InChI=1S/C11H11NO/c1-12-5-4-8-2-3-9(6-10(8)12)11-7-13-11/h2-6,11H,7H2,1H3/t11-/m0/s1. The molecule has 0 N–H and O–H groups in total. The van der Waals surface area contributed by atoms with Crippen LogP contribution in [0.25, 0.3) is 10.9 Å². The molecule has 0 bridgehead atoms. The number of aryl methyl sites for hydroxylation is 1. The zero-order chi connectivity index (χ0) is 8.84. The lowest BCUT2D eigenvalue weighted by atomic mass is 10.1. The van der Waals surface area contributed by atoms with Gasteiger partial charge in [0.15, 0.2) is 0 Å². The molecule has 0 amide bonds. The summed E-state index contributed by atoms with van der Waals surface area (Å²) < 4.78 is 7.39. The van der Waals surface area contributed by atoms with Crippen LogP contribution in [0.15, 0.2) is 30.5 Å². The number of rotatable bonds is 1. The molecular weight excluding hydrogens is 162 g/mol. The van der Waals surface area contributed by atoms with Crippen molar-refractivity contribution >= 4 is 10.9 Å². The molecule has 66 valence electrons. The van der Waals surface area contributed by atoms with E-state index in [1.807, 2.05) is 0 Å². The first-order valence-corrected chi connectivity index (χ1v) is 4.51. The Morgan fingerprint density at radius 1 is 1.38 bits per heavy atom. The third-order valence-electron chi connectivity index (χ3n) is 2.62. The summed E-state index contributed by atoms with van der Waals surface area (Å²) >= 11 is 0. The van der Waals surface area contributed by atoms with E-state index in [4.69, 9.17) is 4.74 Å². The Kier molecular flexibility index (Phi) is 1.30. The van der Waals surface area contributed by atoms with Crippen LogP contribution in [0.5, 0.6) is 0 Å². The first-order valence-electron chi connectivity index (χ1n) is 4.51. The van der Waals surface area contributed by atoms with Gasteiger partial charge in [0.2, 0.25) is 0 Å². The van der Waals surface area contributed by atoms with Gasteiger partial charge in [-0.25, -0.2) is 0 Å². The van der Waals surface area contributed by atoms with E-state index >= 15 is 0 Å². The molecule has 0 spiro atoms. The fourth-order valence-corrected chi connectivity index (χ4v) is 1.72.